The maximum atomic E-state index is 13.3. The van der Waals surface area contributed by atoms with Crippen molar-refractivity contribution in [2.24, 2.45) is 0 Å². The summed E-state index contributed by atoms with van der Waals surface area (Å²) in [7, 11) is 0. The summed E-state index contributed by atoms with van der Waals surface area (Å²) < 4.78 is 7.33. The number of carbonyl (C=O) groups excluding carboxylic acids is 1. The molecule has 3 heterocycles. The molecule has 0 atom stereocenters. The van der Waals surface area contributed by atoms with Crippen LogP contribution in [0.2, 0.25) is 8.67 Å². The van der Waals surface area contributed by atoms with E-state index < -0.39 is 0 Å². The predicted octanol–water partition coefficient (Wildman–Crippen LogP) is 6.31. The second-order valence-electron chi connectivity index (χ2n) is 6.05. The van der Waals surface area contributed by atoms with Crippen molar-refractivity contribution in [3.05, 3.63) is 68.6 Å². The molecule has 0 aliphatic rings. The molecule has 4 rings (SSSR count). The third-order valence-electron chi connectivity index (χ3n) is 4.09. The molecule has 3 aromatic heterocycles. The van der Waals surface area contributed by atoms with Gasteiger partial charge in [0.1, 0.15) is 10.1 Å². The van der Waals surface area contributed by atoms with Crippen LogP contribution in [-0.4, -0.2) is 22.5 Å². The number of anilines is 1. The van der Waals surface area contributed by atoms with E-state index in [4.69, 9.17) is 27.9 Å². The minimum absolute atomic E-state index is 0.258. The van der Waals surface area contributed by atoms with Gasteiger partial charge in [-0.15, -0.1) is 11.3 Å². The van der Waals surface area contributed by atoms with E-state index in [0.29, 0.717) is 32.5 Å². The lowest BCUT2D eigenvalue weighted by Crippen LogP contribution is -2.30. The van der Waals surface area contributed by atoms with Gasteiger partial charge >= 0.3 is 0 Å². The Labute approximate surface area is 185 Å². The summed E-state index contributed by atoms with van der Waals surface area (Å²) >= 11 is 14.9. The zero-order chi connectivity index (χ0) is 20.4. The Balaban J connectivity index is 1.76. The number of rotatable bonds is 6. The second-order valence-corrected chi connectivity index (χ2v) is 9.34. The highest BCUT2D eigenvalue weighted by Crippen LogP contribution is 2.36. The first-order chi connectivity index (χ1) is 14.0. The molecule has 9 heteroatoms. The Morgan fingerprint density at radius 1 is 1.21 bits per heavy atom. The van der Waals surface area contributed by atoms with Crippen molar-refractivity contribution in [3.8, 4) is 5.75 Å². The zero-order valence-corrected chi connectivity index (χ0v) is 18.4. The summed E-state index contributed by atoms with van der Waals surface area (Å²) in [6, 6.07) is 11.0. The number of halogens is 2. The number of thiazole rings is 1. The van der Waals surface area contributed by atoms with E-state index in [1.54, 1.807) is 23.4 Å². The third-order valence-corrected chi connectivity index (χ3v) is 6.61. The lowest BCUT2D eigenvalue weighted by molar-refractivity contribution is 0.0985. The zero-order valence-electron chi connectivity index (χ0n) is 15.3. The molecular formula is C20H15Cl2N3O2S2. The SMILES string of the molecule is CCOc1ccc2nc(N(Cc3cccnc3)C(=O)c3cc(Cl)sc3Cl)sc2c1. The van der Waals surface area contributed by atoms with Gasteiger partial charge in [0.25, 0.3) is 5.91 Å². The highest BCUT2D eigenvalue weighted by atomic mass is 35.5. The van der Waals surface area contributed by atoms with Gasteiger partial charge in [-0.3, -0.25) is 14.7 Å². The van der Waals surface area contributed by atoms with Gasteiger partial charge < -0.3 is 4.74 Å². The van der Waals surface area contributed by atoms with Crippen molar-refractivity contribution in [2.75, 3.05) is 11.5 Å². The molecule has 148 valence electrons. The number of amides is 1. The number of aromatic nitrogens is 2. The summed E-state index contributed by atoms with van der Waals surface area (Å²) in [5.74, 6) is 0.513. The number of fused-ring (bicyclic) bond motifs is 1. The molecule has 0 spiro atoms. The van der Waals surface area contributed by atoms with Crippen molar-refractivity contribution in [2.45, 2.75) is 13.5 Å². The first-order valence-electron chi connectivity index (χ1n) is 8.74. The summed E-state index contributed by atoms with van der Waals surface area (Å²) in [6.45, 7) is 2.83. The first kappa shape index (κ1) is 20.1. The van der Waals surface area contributed by atoms with E-state index in [1.165, 1.54) is 22.7 Å². The Bertz CT molecular complexity index is 1160. The quantitative estimate of drug-likeness (QED) is 0.336. The van der Waals surface area contributed by atoms with Gasteiger partial charge in [0, 0.05) is 12.4 Å². The average Bonchev–Trinajstić information content (AvgIpc) is 3.28. The number of pyridine rings is 1. The van der Waals surface area contributed by atoms with Crippen LogP contribution >= 0.6 is 45.9 Å². The minimum atomic E-state index is -0.258. The lowest BCUT2D eigenvalue weighted by atomic mass is 10.2. The number of hydrogen-bond acceptors (Lipinski definition) is 6. The summed E-state index contributed by atoms with van der Waals surface area (Å²) in [4.78, 5) is 23.8. The van der Waals surface area contributed by atoms with E-state index in [1.807, 2.05) is 37.3 Å². The fraction of sp³-hybridized carbons (Fsp3) is 0.150. The van der Waals surface area contributed by atoms with Crippen molar-refractivity contribution in [1.29, 1.82) is 0 Å². The number of nitrogens with zero attached hydrogens (tertiary/aromatic N) is 3. The molecule has 0 unspecified atom stereocenters. The van der Waals surface area contributed by atoms with Crippen LogP contribution in [0.1, 0.15) is 22.8 Å². The Morgan fingerprint density at radius 2 is 2.07 bits per heavy atom. The molecule has 0 aliphatic heterocycles. The van der Waals surface area contributed by atoms with Crippen molar-refractivity contribution < 1.29 is 9.53 Å². The maximum Gasteiger partial charge on any atom is 0.262 e. The van der Waals surface area contributed by atoms with Crippen LogP contribution < -0.4 is 9.64 Å². The van der Waals surface area contributed by atoms with Crippen LogP contribution in [0.4, 0.5) is 5.13 Å². The Hall–Kier alpha value is -2.19. The molecule has 0 fully saturated rings. The molecule has 1 amide bonds. The largest absolute Gasteiger partial charge is 0.494 e. The number of ether oxygens (including phenoxy) is 1. The van der Waals surface area contributed by atoms with Crippen molar-refractivity contribution in [3.63, 3.8) is 0 Å². The van der Waals surface area contributed by atoms with Gasteiger partial charge in [0.15, 0.2) is 5.13 Å². The predicted molar refractivity (Wildman–Crippen MR) is 120 cm³/mol. The second kappa shape index (κ2) is 8.67. The minimum Gasteiger partial charge on any atom is -0.494 e. The van der Waals surface area contributed by atoms with E-state index in [0.717, 1.165) is 21.5 Å². The molecule has 4 aromatic rings. The number of thiophene rings is 1. The van der Waals surface area contributed by atoms with Crippen LogP contribution in [0.25, 0.3) is 10.2 Å². The summed E-state index contributed by atoms with van der Waals surface area (Å²) in [5.41, 5.74) is 2.04. The van der Waals surface area contributed by atoms with Crippen molar-refractivity contribution in [1.82, 2.24) is 9.97 Å². The molecule has 5 nitrogen and oxygen atoms in total. The van der Waals surface area contributed by atoms with Crippen LogP contribution in [0.5, 0.6) is 5.75 Å². The fourth-order valence-corrected chi connectivity index (χ4v) is 5.24. The fourth-order valence-electron chi connectivity index (χ4n) is 2.80. The lowest BCUT2D eigenvalue weighted by Gasteiger charge is -2.19. The van der Waals surface area contributed by atoms with Gasteiger partial charge in [-0.05, 0) is 42.8 Å². The molecule has 1 aromatic carbocycles. The van der Waals surface area contributed by atoms with Crippen molar-refractivity contribution >= 4 is 67.1 Å². The van der Waals surface area contributed by atoms with E-state index in [9.17, 15) is 4.79 Å². The highest BCUT2D eigenvalue weighted by Gasteiger charge is 2.25. The number of hydrogen-bond donors (Lipinski definition) is 0. The van der Waals surface area contributed by atoms with Gasteiger partial charge in [-0.2, -0.15) is 0 Å². The maximum absolute atomic E-state index is 13.3. The molecule has 0 radical (unpaired) electrons. The normalized spacial score (nSPS) is 11.0. The summed E-state index contributed by atoms with van der Waals surface area (Å²) in [5, 5.41) is 0.570. The van der Waals surface area contributed by atoms with Gasteiger partial charge in [0.2, 0.25) is 0 Å². The summed E-state index contributed by atoms with van der Waals surface area (Å²) in [6.07, 6.45) is 3.42. The number of carbonyl (C=O) groups is 1. The number of benzene rings is 1. The smallest absolute Gasteiger partial charge is 0.262 e. The van der Waals surface area contributed by atoms with Gasteiger partial charge in [0.05, 0.1) is 33.3 Å². The molecule has 0 bridgehead atoms. The van der Waals surface area contributed by atoms with Gasteiger partial charge in [-0.1, -0.05) is 40.6 Å². The van der Waals surface area contributed by atoms with Crippen LogP contribution in [0, 0.1) is 0 Å². The molecule has 0 aliphatic carbocycles. The molecule has 0 saturated heterocycles. The Kier molecular flexibility index (Phi) is 6.01. The highest BCUT2D eigenvalue weighted by molar-refractivity contribution is 7.22. The average molecular weight is 464 g/mol. The topological polar surface area (TPSA) is 55.3 Å². The third kappa shape index (κ3) is 4.38. The van der Waals surface area contributed by atoms with E-state index in [-0.39, 0.29) is 5.91 Å². The molecule has 0 saturated carbocycles. The molecular weight excluding hydrogens is 449 g/mol. The molecule has 29 heavy (non-hydrogen) atoms. The monoisotopic (exact) mass is 463 g/mol. The van der Waals surface area contributed by atoms with E-state index in [2.05, 4.69) is 9.97 Å². The molecule has 0 N–H and O–H groups in total. The Morgan fingerprint density at radius 3 is 2.76 bits per heavy atom. The standard InChI is InChI=1S/C20H15Cl2N3O2S2/c1-2-27-13-5-6-15-16(8-13)28-20(24-15)25(11-12-4-3-7-23-10-12)19(26)14-9-17(21)29-18(14)22/h3-10H,2,11H2,1H3. The van der Waals surface area contributed by atoms with Crippen LogP contribution in [0.15, 0.2) is 48.8 Å². The van der Waals surface area contributed by atoms with E-state index >= 15 is 0 Å². The first-order valence-corrected chi connectivity index (χ1v) is 11.1. The van der Waals surface area contributed by atoms with Crippen LogP contribution in [0.3, 0.4) is 0 Å². The van der Waals surface area contributed by atoms with Crippen LogP contribution in [-0.2, 0) is 6.54 Å². The van der Waals surface area contributed by atoms with Gasteiger partial charge in [-0.25, -0.2) is 4.98 Å².